The third-order valence-electron chi connectivity index (χ3n) is 8.72. The number of fused-ring (bicyclic) bond motifs is 3. The van der Waals surface area contributed by atoms with Crippen molar-refractivity contribution in [3.8, 4) is 0 Å². The average molecular weight is 548 g/mol. The van der Waals surface area contributed by atoms with Crippen LogP contribution < -0.4 is 15.3 Å². The molecule has 3 aliphatic rings. The molecule has 1 heteroatoms. The maximum atomic E-state index is 2.45. The molecule has 0 aliphatic heterocycles. The van der Waals surface area contributed by atoms with E-state index >= 15 is 0 Å². The second-order valence-electron chi connectivity index (χ2n) is 11.8. The largest absolute Gasteiger partial charge is 0.350 e. The molecule has 1 atom stereocenters. The third kappa shape index (κ3) is 6.11. The highest BCUT2D eigenvalue weighted by Gasteiger charge is 2.14. The van der Waals surface area contributed by atoms with E-state index in [1.54, 1.807) is 0 Å². The van der Waals surface area contributed by atoms with Crippen LogP contribution in [0.1, 0.15) is 67.3 Å². The normalized spacial score (nSPS) is 20.2. The molecular formula is C41H41N. The Morgan fingerprint density at radius 1 is 0.857 bits per heavy atom. The fraction of sp³-hybridized carbons (Fsp3) is 0.220. The molecule has 0 aromatic heterocycles. The molecule has 3 aromatic rings. The van der Waals surface area contributed by atoms with E-state index in [-0.39, 0.29) is 5.92 Å². The molecule has 0 radical (unpaired) electrons. The van der Waals surface area contributed by atoms with Gasteiger partial charge in [0.25, 0.3) is 0 Å². The van der Waals surface area contributed by atoms with Crippen molar-refractivity contribution >= 4 is 41.1 Å². The van der Waals surface area contributed by atoms with Crippen molar-refractivity contribution in [1.29, 1.82) is 0 Å². The van der Waals surface area contributed by atoms with Crippen LogP contribution >= 0.6 is 0 Å². The zero-order valence-electron chi connectivity index (χ0n) is 25.2. The lowest BCUT2D eigenvalue weighted by Gasteiger charge is -2.22. The minimum Gasteiger partial charge on any atom is -0.350 e. The minimum absolute atomic E-state index is 0.286. The quantitative estimate of drug-likeness (QED) is 0.278. The number of hydrogen-bond donors (Lipinski definition) is 0. The second-order valence-corrected chi connectivity index (χ2v) is 11.8. The van der Waals surface area contributed by atoms with E-state index in [2.05, 4.69) is 153 Å². The van der Waals surface area contributed by atoms with Gasteiger partial charge in [0.05, 0.1) is 0 Å². The van der Waals surface area contributed by atoms with E-state index in [0.717, 1.165) is 32.1 Å². The van der Waals surface area contributed by atoms with Gasteiger partial charge in [0.15, 0.2) is 0 Å². The van der Waals surface area contributed by atoms with Gasteiger partial charge in [-0.15, -0.1) is 0 Å². The molecule has 0 saturated heterocycles. The molecule has 1 nitrogen and oxygen atoms in total. The van der Waals surface area contributed by atoms with Crippen molar-refractivity contribution in [3.05, 3.63) is 147 Å². The van der Waals surface area contributed by atoms with Crippen molar-refractivity contribution in [2.75, 3.05) is 11.9 Å². The van der Waals surface area contributed by atoms with Gasteiger partial charge in [0.1, 0.15) is 0 Å². The molecule has 210 valence electrons. The summed E-state index contributed by atoms with van der Waals surface area (Å²) in [5, 5.41) is 2.81. The van der Waals surface area contributed by atoms with Crippen LogP contribution in [0.15, 0.2) is 109 Å². The summed E-state index contributed by atoms with van der Waals surface area (Å²) in [6, 6.07) is 22.2. The summed E-state index contributed by atoms with van der Waals surface area (Å²) in [5.41, 5.74) is 12.1. The average Bonchev–Trinajstić information content (AvgIpc) is 3.11. The van der Waals surface area contributed by atoms with E-state index in [1.807, 2.05) is 0 Å². The Labute approximate surface area is 251 Å². The van der Waals surface area contributed by atoms with E-state index < -0.39 is 0 Å². The molecule has 0 bridgehead atoms. The first-order valence-corrected chi connectivity index (χ1v) is 15.4. The van der Waals surface area contributed by atoms with Gasteiger partial charge in [-0.2, -0.15) is 0 Å². The Morgan fingerprint density at radius 3 is 2.57 bits per heavy atom. The van der Waals surface area contributed by atoms with Gasteiger partial charge in [-0.05, 0) is 102 Å². The smallest absolute Gasteiger partial charge is 0.0479 e. The van der Waals surface area contributed by atoms with E-state index in [9.17, 15) is 0 Å². The fourth-order valence-corrected chi connectivity index (χ4v) is 6.56. The van der Waals surface area contributed by atoms with Crippen LogP contribution in [0.4, 0.5) is 5.69 Å². The summed E-state index contributed by atoms with van der Waals surface area (Å²) in [6.45, 7) is 4.54. The van der Waals surface area contributed by atoms with Gasteiger partial charge < -0.3 is 4.90 Å². The summed E-state index contributed by atoms with van der Waals surface area (Å²) in [6.07, 6.45) is 30.8. The van der Waals surface area contributed by atoms with Crippen LogP contribution in [0.3, 0.4) is 0 Å². The van der Waals surface area contributed by atoms with E-state index in [4.69, 9.17) is 0 Å². The Bertz CT molecular complexity index is 1790. The maximum absolute atomic E-state index is 2.45. The predicted octanol–water partition coefficient (Wildman–Crippen LogP) is 9.12. The highest BCUT2D eigenvalue weighted by Crippen LogP contribution is 2.30. The van der Waals surface area contributed by atoms with Gasteiger partial charge >= 0.3 is 0 Å². The Balaban J connectivity index is 1.40. The molecule has 42 heavy (non-hydrogen) atoms. The van der Waals surface area contributed by atoms with Crippen molar-refractivity contribution in [2.45, 2.75) is 46.0 Å². The summed E-state index contributed by atoms with van der Waals surface area (Å²) >= 11 is 0. The van der Waals surface area contributed by atoms with Crippen LogP contribution in [-0.4, -0.2) is 7.05 Å². The monoisotopic (exact) mass is 547 g/mol. The van der Waals surface area contributed by atoms with Crippen LogP contribution in [0.5, 0.6) is 0 Å². The topological polar surface area (TPSA) is 3.24 Å². The summed E-state index contributed by atoms with van der Waals surface area (Å²) in [4.78, 5) is 2.30. The Hall–Kier alpha value is -4.36. The molecular weight excluding hydrogens is 506 g/mol. The first kappa shape index (κ1) is 27.8. The van der Waals surface area contributed by atoms with Crippen LogP contribution in [0, 0.1) is 5.92 Å². The number of rotatable bonds is 6. The first-order valence-electron chi connectivity index (χ1n) is 15.4. The summed E-state index contributed by atoms with van der Waals surface area (Å²) < 4.78 is 0. The zero-order valence-corrected chi connectivity index (χ0v) is 25.2. The van der Waals surface area contributed by atoms with Gasteiger partial charge in [0, 0.05) is 24.5 Å². The van der Waals surface area contributed by atoms with E-state index in [0.29, 0.717) is 0 Å². The Morgan fingerprint density at radius 2 is 1.69 bits per heavy atom. The number of hydrogen-bond acceptors (Lipinski definition) is 1. The van der Waals surface area contributed by atoms with Crippen molar-refractivity contribution in [1.82, 2.24) is 0 Å². The van der Waals surface area contributed by atoms with Crippen molar-refractivity contribution < 1.29 is 0 Å². The number of benzene rings is 3. The molecule has 0 heterocycles. The lowest BCUT2D eigenvalue weighted by molar-refractivity contribution is 0.848. The highest BCUT2D eigenvalue weighted by atomic mass is 15.1. The molecule has 6 rings (SSSR count). The number of allylic oxidation sites excluding steroid dienone is 8. The first-order chi connectivity index (χ1) is 20.6. The predicted molar refractivity (Wildman–Crippen MR) is 184 cm³/mol. The number of anilines is 1. The number of nitrogens with zero attached hydrogens (tertiary/aromatic N) is 1. The maximum Gasteiger partial charge on any atom is 0.0479 e. The minimum atomic E-state index is 0.286. The third-order valence-corrected chi connectivity index (χ3v) is 8.72. The fourth-order valence-electron chi connectivity index (χ4n) is 6.56. The molecule has 3 aliphatic carbocycles. The molecule has 0 saturated carbocycles. The lowest BCUT2D eigenvalue weighted by atomic mass is 9.88. The van der Waals surface area contributed by atoms with E-state index in [1.165, 1.54) is 60.7 Å². The second kappa shape index (κ2) is 12.7. The molecule has 1 unspecified atom stereocenters. The molecule has 0 amide bonds. The van der Waals surface area contributed by atoms with Crippen LogP contribution in [0.2, 0.25) is 0 Å². The molecule has 0 spiro atoms. The molecule has 0 N–H and O–H groups in total. The van der Waals surface area contributed by atoms with Gasteiger partial charge in [0.2, 0.25) is 0 Å². The van der Waals surface area contributed by atoms with Crippen LogP contribution in [0.25, 0.3) is 35.5 Å². The molecule has 0 fully saturated rings. The standard InChI is InChI=1S/C41H41N/c1-30(29-42(3)41-24-11-19-35-18-8-9-20-39(35)41)27-36(38-22-12-21-37-31(2)13-10-23-40(37)38)28-32-14-4-5-15-33-16-6-7-17-34(33)26-25-32/h4-7,9,11-12,14-17,19-27,29,32H,8,10,13,18,28H2,1-3H3/b14-4+,15-5+,26-25-,30-29+,36-27+. The van der Waals surface area contributed by atoms with Crippen molar-refractivity contribution in [3.63, 3.8) is 0 Å². The molecule has 3 aromatic carbocycles. The summed E-state index contributed by atoms with van der Waals surface area (Å²) in [7, 11) is 2.18. The lowest BCUT2D eigenvalue weighted by Crippen LogP contribution is -2.32. The zero-order chi connectivity index (χ0) is 28.9. The summed E-state index contributed by atoms with van der Waals surface area (Å²) in [5.74, 6) is 0.286. The number of aryl methyl sites for hydroxylation is 1. The Kier molecular flexibility index (Phi) is 8.38. The van der Waals surface area contributed by atoms with Gasteiger partial charge in [-0.3, -0.25) is 0 Å². The van der Waals surface area contributed by atoms with Crippen LogP contribution in [-0.2, 0) is 6.42 Å². The van der Waals surface area contributed by atoms with Gasteiger partial charge in [-0.25, -0.2) is 0 Å². The highest BCUT2D eigenvalue weighted by molar-refractivity contribution is 5.75. The van der Waals surface area contributed by atoms with Gasteiger partial charge in [-0.1, -0.05) is 121 Å². The van der Waals surface area contributed by atoms with Crippen molar-refractivity contribution in [2.24, 2.45) is 5.92 Å². The SMILES string of the molecule is CC1=c2cccc(/C(=C/C(C)=C/N(C)c3cccc4c3C=CCC4)CC3/C=C\c4ccccc4/C=C/C=C/3)c2=CCC1.